The smallest absolute Gasteiger partial charge is 0.304 e. The van der Waals surface area contributed by atoms with Crippen LogP contribution >= 0.6 is 0 Å². The quantitative estimate of drug-likeness (QED) is 0.827. The second kappa shape index (κ2) is 4.29. The van der Waals surface area contributed by atoms with E-state index in [4.69, 9.17) is 5.73 Å². The van der Waals surface area contributed by atoms with E-state index in [0.717, 1.165) is 11.3 Å². The average molecular weight is 255 g/mol. The van der Waals surface area contributed by atoms with Crippen LogP contribution in [0.25, 0.3) is 0 Å². The molecular formula is C11H17N3O2S. The highest BCUT2D eigenvalue weighted by atomic mass is 32.2. The fraction of sp³-hybridized carbons (Fsp3) is 0.455. The molecule has 6 heteroatoms. The van der Waals surface area contributed by atoms with Gasteiger partial charge in [0, 0.05) is 13.6 Å². The fourth-order valence-corrected chi connectivity index (χ4v) is 3.69. The van der Waals surface area contributed by atoms with Crippen LogP contribution in [0.4, 0.5) is 5.69 Å². The van der Waals surface area contributed by atoms with Gasteiger partial charge in [-0.2, -0.15) is 12.7 Å². The lowest BCUT2D eigenvalue weighted by molar-refractivity contribution is 0.417. The van der Waals surface area contributed by atoms with Gasteiger partial charge in [0.05, 0.1) is 18.3 Å². The van der Waals surface area contributed by atoms with Gasteiger partial charge in [0.1, 0.15) is 0 Å². The van der Waals surface area contributed by atoms with Crippen LogP contribution in [0, 0.1) is 6.92 Å². The molecule has 0 aromatic heterocycles. The molecule has 2 rings (SSSR count). The Morgan fingerprint density at radius 2 is 2.06 bits per heavy atom. The van der Waals surface area contributed by atoms with Crippen LogP contribution in [0.1, 0.15) is 5.56 Å². The maximum absolute atomic E-state index is 12.2. The van der Waals surface area contributed by atoms with Crippen LogP contribution in [0.2, 0.25) is 0 Å². The first-order chi connectivity index (χ1) is 7.98. The predicted octanol–water partition coefficient (Wildman–Crippen LogP) is 0.319. The van der Waals surface area contributed by atoms with Crippen molar-refractivity contribution in [1.82, 2.24) is 4.31 Å². The van der Waals surface area contributed by atoms with Gasteiger partial charge in [0.2, 0.25) is 0 Å². The number of likely N-dealkylation sites (N-methyl/N-ethyl adjacent to an activating group) is 1. The first kappa shape index (κ1) is 12.3. The molecule has 1 aromatic rings. The van der Waals surface area contributed by atoms with Crippen molar-refractivity contribution in [1.29, 1.82) is 0 Å². The molecule has 1 atom stereocenters. The summed E-state index contributed by atoms with van der Waals surface area (Å²) in [7, 11) is -1.84. The summed E-state index contributed by atoms with van der Waals surface area (Å²) in [5, 5.41) is 0. The summed E-state index contributed by atoms with van der Waals surface area (Å²) in [6.45, 7) is 2.65. The van der Waals surface area contributed by atoms with Crippen molar-refractivity contribution >= 4 is 15.9 Å². The summed E-state index contributed by atoms with van der Waals surface area (Å²) in [5.41, 5.74) is 7.27. The van der Waals surface area contributed by atoms with Gasteiger partial charge in [0.25, 0.3) is 0 Å². The lowest BCUT2D eigenvalue weighted by atomic mass is 10.2. The van der Waals surface area contributed by atoms with Crippen LogP contribution in [-0.2, 0) is 10.2 Å². The summed E-state index contributed by atoms with van der Waals surface area (Å²) in [4.78, 5) is 0. The molecule has 1 aromatic carbocycles. The van der Waals surface area contributed by atoms with Crippen LogP contribution in [0.5, 0.6) is 0 Å². The van der Waals surface area contributed by atoms with Gasteiger partial charge < -0.3 is 5.73 Å². The number of benzene rings is 1. The normalized spacial score (nSPS) is 24.2. The molecule has 1 aliphatic rings. The number of nitrogens with two attached hydrogens (primary N) is 1. The molecule has 17 heavy (non-hydrogen) atoms. The van der Waals surface area contributed by atoms with Crippen molar-refractivity contribution in [2.45, 2.75) is 13.0 Å². The van der Waals surface area contributed by atoms with Gasteiger partial charge in [-0.1, -0.05) is 18.2 Å². The van der Waals surface area contributed by atoms with Crippen molar-refractivity contribution in [3.63, 3.8) is 0 Å². The number of hydrogen-bond acceptors (Lipinski definition) is 3. The number of nitrogens with zero attached hydrogens (tertiary/aromatic N) is 2. The van der Waals surface area contributed by atoms with Crippen molar-refractivity contribution in [3.05, 3.63) is 29.8 Å². The molecule has 0 amide bonds. The largest absolute Gasteiger partial charge is 0.329 e. The molecular weight excluding hydrogens is 238 g/mol. The van der Waals surface area contributed by atoms with Crippen molar-refractivity contribution in [3.8, 4) is 0 Å². The van der Waals surface area contributed by atoms with E-state index in [1.807, 2.05) is 31.2 Å². The third-order valence-electron chi connectivity index (χ3n) is 3.19. The highest BCUT2D eigenvalue weighted by Crippen LogP contribution is 2.29. The third-order valence-corrected chi connectivity index (χ3v) is 5.12. The molecule has 1 saturated heterocycles. The summed E-state index contributed by atoms with van der Waals surface area (Å²) in [6, 6.07) is 7.30. The predicted molar refractivity (Wildman–Crippen MR) is 68.1 cm³/mol. The van der Waals surface area contributed by atoms with Crippen LogP contribution in [0.3, 0.4) is 0 Å². The Hall–Kier alpha value is -1.11. The number of para-hydroxylation sites is 1. The Morgan fingerprint density at radius 1 is 1.41 bits per heavy atom. The topological polar surface area (TPSA) is 66.6 Å². The summed E-state index contributed by atoms with van der Waals surface area (Å²) in [5.74, 6) is 0. The van der Waals surface area contributed by atoms with E-state index in [9.17, 15) is 8.42 Å². The van der Waals surface area contributed by atoms with Crippen LogP contribution in [0.15, 0.2) is 24.3 Å². The maximum atomic E-state index is 12.2. The molecule has 1 unspecified atom stereocenters. The van der Waals surface area contributed by atoms with E-state index in [1.165, 1.54) is 8.61 Å². The number of hydrogen-bond donors (Lipinski definition) is 1. The molecule has 1 aliphatic heterocycles. The first-order valence-electron chi connectivity index (χ1n) is 5.50. The van der Waals surface area contributed by atoms with E-state index in [0.29, 0.717) is 13.1 Å². The summed E-state index contributed by atoms with van der Waals surface area (Å²) in [6.07, 6.45) is 0. The SMILES string of the molecule is Cc1ccccc1N1CC(CN)N(C)S1(=O)=O. The minimum absolute atomic E-state index is 0.153. The van der Waals surface area contributed by atoms with Gasteiger partial charge >= 0.3 is 10.2 Å². The monoisotopic (exact) mass is 255 g/mol. The Labute approximate surface area is 102 Å². The second-order valence-corrected chi connectivity index (χ2v) is 6.14. The van der Waals surface area contributed by atoms with Crippen molar-refractivity contribution in [2.75, 3.05) is 24.4 Å². The zero-order valence-electron chi connectivity index (χ0n) is 10.00. The van der Waals surface area contributed by atoms with Crippen LogP contribution in [-0.4, -0.2) is 38.9 Å². The molecule has 1 heterocycles. The number of rotatable bonds is 2. The Balaban J connectivity index is 2.45. The van der Waals surface area contributed by atoms with E-state index >= 15 is 0 Å². The number of aryl methyl sites for hydroxylation is 1. The molecule has 0 bridgehead atoms. The Morgan fingerprint density at radius 3 is 2.59 bits per heavy atom. The lowest BCUT2D eigenvalue weighted by Crippen LogP contribution is -2.36. The lowest BCUT2D eigenvalue weighted by Gasteiger charge is -2.19. The molecule has 5 nitrogen and oxygen atoms in total. The fourth-order valence-electron chi connectivity index (χ4n) is 2.03. The molecule has 2 N–H and O–H groups in total. The molecule has 1 fully saturated rings. The highest BCUT2D eigenvalue weighted by molar-refractivity contribution is 7.90. The van der Waals surface area contributed by atoms with Gasteiger partial charge in [-0.3, -0.25) is 4.31 Å². The zero-order chi connectivity index (χ0) is 12.6. The molecule has 0 saturated carbocycles. The summed E-state index contributed by atoms with van der Waals surface area (Å²) >= 11 is 0. The van der Waals surface area contributed by atoms with E-state index < -0.39 is 10.2 Å². The maximum Gasteiger partial charge on any atom is 0.304 e. The van der Waals surface area contributed by atoms with E-state index in [-0.39, 0.29) is 6.04 Å². The number of anilines is 1. The summed E-state index contributed by atoms with van der Waals surface area (Å²) < 4.78 is 27.2. The van der Waals surface area contributed by atoms with Gasteiger partial charge in [0.15, 0.2) is 0 Å². The average Bonchev–Trinajstić information content (AvgIpc) is 2.52. The minimum atomic E-state index is -3.42. The zero-order valence-corrected chi connectivity index (χ0v) is 10.8. The van der Waals surface area contributed by atoms with E-state index in [2.05, 4.69) is 0 Å². The Bertz CT molecular complexity index is 515. The highest BCUT2D eigenvalue weighted by Gasteiger charge is 2.41. The molecule has 0 radical (unpaired) electrons. The first-order valence-corrected chi connectivity index (χ1v) is 6.89. The molecule has 0 aliphatic carbocycles. The standard InChI is InChI=1S/C11H17N3O2S/c1-9-5-3-4-6-11(9)14-8-10(7-12)13(2)17(14,15)16/h3-6,10H,7-8,12H2,1-2H3. The third kappa shape index (κ3) is 1.92. The molecule has 0 spiro atoms. The molecule has 94 valence electrons. The van der Waals surface area contributed by atoms with Crippen molar-refractivity contribution < 1.29 is 8.42 Å². The Kier molecular flexibility index (Phi) is 3.11. The second-order valence-electron chi connectivity index (χ2n) is 4.23. The van der Waals surface area contributed by atoms with E-state index in [1.54, 1.807) is 7.05 Å². The minimum Gasteiger partial charge on any atom is -0.329 e. The van der Waals surface area contributed by atoms with Crippen molar-refractivity contribution in [2.24, 2.45) is 5.73 Å². The van der Waals surface area contributed by atoms with Gasteiger partial charge in [-0.15, -0.1) is 0 Å². The van der Waals surface area contributed by atoms with Gasteiger partial charge in [-0.25, -0.2) is 0 Å². The van der Waals surface area contributed by atoms with Crippen LogP contribution < -0.4 is 10.0 Å². The van der Waals surface area contributed by atoms with Gasteiger partial charge in [-0.05, 0) is 18.6 Å².